The fourth-order valence-corrected chi connectivity index (χ4v) is 2.80. The number of ether oxygens (including phenoxy) is 1. The maximum atomic E-state index is 6.22. The van der Waals surface area contributed by atoms with E-state index in [0.29, 0.717) is 11.9 Å². The first kappa shape index (κ1) is 18.8. The number of hydrogen-bond acceptors (Lipinski definition) is 2. The lowest BCUT2D eigenvalue weighted by molar-refractivity contribution is -0.462. The van der Waals surface area contributed by atoms with E-state index in [9.17, 15) is 0 Å². The first-order valence-electron chi connectivity index (χ1n) is 7.90. The molecule has 0 fully saturated rings. The highest BCUT2D eigenvalue weighted by atomic mass is 28.4. The molecule has 4 heteroatoms. The topological polar surface area (TPSA) is 21.5 Å². The molecule has 124 valence electrons. The maximum Gasteiger partial charge on any atom is 0.260 e. The molecule has 0 atom stereocenters. The molecule has 1 rings (SSSR count). The van der Waals surface area contributed by atoms with Crippen molar-refractivity contribution < 1.29 is 13.7 Å². The van der Waals surface area contributed by atoms with Gasteiger partial charge in [0.25, 0.3) is 14.3 Å². The fourth-order valence-electron chi connectivity index (χ4n) is 1.82. The molecule has 0 saturated carbocycles. The van der Waals surface area contributed by atoms with Crippen molar-refractivity contribution in [1.82, 2.24) is 0 Å². The third kappa shape index (κ3) is 5.16. The molecule has 1 aliphatic rings. The van der Waals surface area contributed by atoms with Crippen LogP contribution in [0.25, 0.3) is 0 Å². The van der Waals surface area contributed by atoms with Crippen molar-refractivity contribution in [3.05, 3.63) is 36.3 Å². The highest BCUT2D eigenvalue weighted by Gasteiger charge is 2.39. The minimum Gasteiger partial charge on any atom is -0.519 e. The average molecular weight is 323 g/mol. The zero-order valence-corrected chi connectivity index (χ0v) is 16.4. The standard InChI is InChI=1S/C18H32NO2Si/c1-18(2,3)22(7,8)21-17(20-6)14-11-15-9-12-16(13-10-15)19(4)5/h9-10,12-15H,11H2,1-8H3/q+1/b17-14+. The SMILES string of the molecule is CO/C(=C\CC1C=CC(=[N+](C)C)C=C1)O[Si](C)(C)C(C)(C)C. The third-order valence-electron chi connectivity index (χ3n) is 4.46. The number of hydrogen-bond donors (Lipinski definition) is 0. The minimum atomic E-state index is -1.84. The summed E-state index contributed by atoms with van der Waals surface area (Å²) in [5.74, 6) is 1.06. The molecule has 0 aliphatic heterocycles. The van der Waals surface area contributed by atoms with Gasteiger partial charge in [-0.1, -0.05) is 32.9 Å². The van der Waals surface area contributed by atoms with E-state index in [2.05, 4.69) is 82.9 Å². The predicted molar refractivity (Wildman–Crippen MR) is 96.9 cm³/mol. The number of allylic oxidation sites excluding steroid dienone is 5. The minimum absolute atomic E-state index is 0.171. The summed E-state index contributed by atoms with van der Waals surface area (Å²) in [7, 11) is 3.95. The Morgan fingerprint density at radius 3 is 2.18 bits per heavy atom. The summed E-state index contributed by atoms with van der Waals surface area (Å²) in [6.45, 7) is 11.2. The van der Waals surface area contributed by atoms with E-state index in [1.807, 2.05) is 0 Å². The lowest BCUT2D eigenvalue weighted by Gasteiger charge is -2.36. The second-order valence-corrected chi connectivity index (χ2v) is 12.3. The molecule has 0 saturated heterocycles. The van der Waals surface area contributed by atoms with E-state index < -0.39 is 8.32 Å². The molecule has 22 heavy (non-hydrogen) atoms. The van der Waals surface area contributed by atoms with Crippen LogP contribution in [0.15, 0.2) is 36.3 Å². The Kier molecular flexibility index (Phi) is 6.24. The van der Waals surface area contributed by atoms with Crippen LogP contribution < -0.4 is 0 Å². The molecular formula is C18H32NO2Si+. The summed E-state index contributed by atoms with van der Waals surface area (Å²) in [5.41, 5.74) is 1.23. The number of nitrogens with zero attached hydrogens (tertiary/aromatic N) is 1. The van der Waals surface area contributed by atoms with Crippen LogP contribution in [0.1, 0.15) is 27.2 Å². The van der Waals surface area contributed by atoms with Gasteiger partial charge in [0.05, 0.1) is 7.11 Å². The molecule has 0 unspecified atom stereocenters. The normalized spacial score (nSPS) is 19.4. The van der Waals surface area contributed by atoms with Crippen molar-refractivity contribution in [2.45, 2.75) is 45.3 Å². The van der Waals surface area contributed by atoms with Crippen LogP contribution in [0, 0.1) is 5.92 Å². The average Bonchev–Trinajstić information content (AvgIpc) is 2.42. The van der Waals surface area contributed by atoms with Crippen LogP contribution in [-0.4, -0.2) is 39.8 Å². The highest BCUT2D eigenvalue weighted by molar-refractivity contribution is 6.74. The zero-order chi connectivity index (χ0) is 17.0. The highest BCUT2D eigenvalue weighted by Crippen LogP contribution is 2.38. The summed E-state index contributed by atoms with van der Waals surface area (Å²) in [6, 6.07) is 0. The third-order valence-corrected chi connectivity index (χ3v) is 8.79. The van der Waals surface area contributed by atoms with E-state index >= 15 is 0 Å². The van der Waals surface area contributed by atoms with Crippen LogP contribution in [0.2, 0.25) is 18.1 Å². The first-order valence-corrected chi connectivity index (χ1v) is 10.8. The van der Waals surface area contributed by atoms with Crippen LogP contribution in [0.4, 0.5) is 0 Å². The summed E-state index contributed by atoms with van der Waals surface area (Å²) >= 11 is 0. The summed E-state index contributed by atoms with van der Waals surface area (Å²) in [5, 5.41) is 0.171. The number of rotatable bonds is 5. The first-order chi connectivity index (χ1) is 10.1. The summed E-state index contributed by atoms with van der Waals surface area (Å²) < 4.78 is 13.8. The molecule has 1 aliphatic carbocycles. The van der Waals surface area contributed by atoms with E-state index in [4.69, 9.17) is 9.16 Å². The molecule has 3 nitrogen and oxygen atoms in total. The van der Waals surface area contributed by atoms with Crippen molar-refractivity contribution in [1.29, 1.82) is 0 Å². The quantitative estimate of drug-likeness (QED) is 0.426. The van der Waals surface area contributed by atoms with Crippen molar-refractivity contribution in [2.75, 3.05) is 21.2 Å². The van der Waals surface area contributed by atoms with Crippen molar-refractivity contribution >= 4 is 14.0 Å². The van der Waals surface area contributed by atoms with Crippen LogP contribution in [0.5, 0.6) is 0 Å². The summed E-state index contributed by atoms with van der Waals surface area (Å²) in [6.07, 6.45) is 11.8. The predicted octanol–water partition coefficient (Wildman–Crippen LogP) is 4.34. The van der Waals surface area contributed by atoms with Crippen molar-refractivity contribution in [2.24, 2.45) is 5.92 Å². The van der Waals surface area contributed by atoms with Crippen molar-refractivity contribution in [3.63, 3.8) is 0 Å². The van der Waals surface area contributed by atoms with E-state index in [-0.39, 0.29) is 5.04 Å². The molecule has 0 spiro atoms. The van der Waals surface area contributed by atoms with Gasteiger partial charge >= 0.3 is 0 Å². The zero-order valence-electron chi connectivity index (χ0n) is 15.4. The van der Waals surface area contributed by atoms with Gasteiger partial charge in [0, 0.05) is 12.2 Å². The smallest absolute Gasteiger partial charge is 0.260 e. The fraction of sp³-hybridized carbons (Fsp3) is 0.611. The van der Waals surface area contributed by atoms with Gasteiger partial charge in [-0.15, -0.1) is 0 Å². The number of methoxy groups -OCH3 is 1. The Labute approximate surface area is 137 Å². The van der Waals surface area contributed by atoms with Gasteiger partial charge in [-0.2, -0.15) is 0 Å². The van der Waals surface area contributed by atoms with Gasteiger partial charge in [0.1, 0.15) is 14.1 Å². The second-order valence-electron chi connectivity index (χ2n) is 7.53. The van der Waals surface area contributed by atoms with Gasteiger partial charge in [-0.3, -0.25) is 0 Å². The molecular weight excluding hydrogens is 290 g/mol. The van der Waals surface area contributed by atoms with E-state index in [1.165, 1.54) is 5.71 Å². The van der Waals surface area contributed by atoms with Gasteiger partial charge in [-0.05, 0) is 36.5 Å². The van der Waals surface area contributed by atoms with Crippen LogP contribution in [-0.2, 0) is 9.16 Å². The largest absolute Gasteiger partial charge is 0.519 e. The molecule has 0 aromatic carbocycles. The lowest BCUT2D eigenvalue weighted by atomic mass is 9.99. The molecule has 0 heterocycles. The lowest BCUT2D eigenvalue weighted by Crippen LogP contribution is -2.40. The maximum absolute atomic E-state index is 6.22. The van der Waals surface area contributed by atoms with Crippen LogP contribution in [0.3, 0.4) is 0 Å². The van der Waals surface area contributed by atoms with Gasteiger partial charge in [-0.25, -0.2) is 4.58 Å². The van der Waals surface area contributed by atoms with Gasteiger partial charge in [0.2, 0.25) is 0 Å². The molecule has 0 aromatic heterocycles. The van der Waals surface area contributed by atoms with Crippen molar-refractivity contribution in [3.8, 4) is 0 Å². The van der Waals surface area contributed by atoms with Gasteiger partial charge < -0.3 is 9.16 Å². The van der Waals surface area contributed by atoms with Gasteiger partial charge in [0.15, 0.2) is 5.71 Å². The van der Waals surface area contributed by atoms with Crippen LogP contribution >= 0.6 is 0 Å². The molecule has 0 aromatic rings. The Hall–Kier alpha value is -1.29. The Balaban J connectivity index is 2.71. The van der Waals surface area contributed by atoms with E-state index in [1.54, 1.807) is 7.11 Å². The molecule has 0 amide bonds. The van der Waals surface area contributed by atoms with E-state index in [0.717, 1.165) is 6.42 Å². The monoisotopic (exact) mass is 322 g/mol. The Morgan fingerprint density at radius 2 is 1.77 bits per heavy atom. The molecule has 0 N–H and O–H groups in total. The molecule has 0 radical (unpaired) electrons. The Morgan fingerprint density at radius 1 is 1.23 bits per heavy atom. The second kappa shape index (κ2) is 7.31. The Bertz CT molecular complexity index is 488. The summed E-state index contributed by atoms with van der Waals surface area (Å²) in [4.78, 5) is 0. The molecule has 0 bridgehead atoms.